The first kappa shape index (κ1) is 24.8. The lowest BCUT2D eigenvalue weighted by molar-refractivity contribution is -0.140. The number of hydrogen-bond acceptors (Lipinski definition) is 2. The van der Waals surface area contributed by atoms with Gasteiger partial charge in [-0.1, -0.05) is 58.5 Å². The van der Waals surface area contributed by atoms with E-state index in [0.29, 0.717) is 31.2 Å². The molecule has 0 saturated carbocycles. The van der Waals surface area contributed by atoms with Crippen LogP contribution in [0.15, 0.2) is 36.4 Å². The Hall–Kier alpha value is -1.46. The third kappa shape index (κ3) is 6.78. The van der Waals surface area contributed by atoms with Gasteiger partial charge >= 0.3 is 0 Å². The standard InChI is InChI=1S/C22H24Cl4N2O2/c1-13(21(30)27-22(2,3)4)28(12-16-17(24)6-5-7-18(16)25)20(29)10-14-8-9-15(23)11-19(14)26/h5-9,11,13H,10,12H2,1-4H3,(H,27,30)/t13-/m0/s1. The SMILES string of the molecule is C[C@@H](C(=O)NC(C)(C)C)N(Cc1c(Cl)cccc1Cl)C(=O)Cc1ccc(Cl)cc1Cl. The Morgan fingerprint density at radius 1 is 1.00 bits per heavy atom. The molecule has 2 rings (SSSR count). The van der Waals surface area contributed by atoms with Gasteiger partial charge in [-0.3, -0.25) is 9.59 Å². The van der Waals surface area contributed by atoms with Crippen molar-refractivity contribution in [2.75, 3.05) is 0 Å². The van der Waals surface area contributed by atoms with Gasteiger partial charge in [0.2, 0.25) is 11.8 Å². The fraction of sp³-hybridized carbons (Fsp3) is 0.364. The summed E-state index contributed by atoms with van der Waals surface area (Å²) in [6.45, 7) is 7.39. The van der Waals surface area contributed by atoms with Crippen LogP contribution in [0.3, 0.4) is 0 Å². The smallest absolute Gasteiger partial charge is 0.242 e. The first-order valence-electron chi connectivity index (χ1n) is 9.37. The number of nitrogens with one attached hydrogen (secondary N) is 1. The summed E-state index contributed by atoms with van der Waals surface area (Å²) < 4.78 is 0. The molecule has 0 radical (unpaired) electrons. The number of hydrogen-bond donors (Lipinski definition) is 1. The average molecular weight is 490 g/mol. The van der Waals surface area contributed by atoms with E-state index in [9.17, 15) is 9.59 Å². The molecule has 2 amide bonds. The fourth-order valence-electron chi connectivity index (χ4n) is 2.84. The van der Waals surface area contributed by atoms with E-state index in [-0.39, 0.29) is 24.8 Å². The molecule has 30 heavy (non-hydrogen) atoms. The molecule has 0 unspecified atom stereocenters. The zero-order chi connectivity index (χ0) is 22.6. The molecule has 162 valence electrons. The normalized spacial score (nSPS) is 12.4. The molecule has 0 saturated heterocycles. The lowest BCUT2D eigenvalue weighted by atomic mass is 10.1. The molecule has 0 bridgehead atoms. The maximum absolute atomic E-state index is 13.3. The second kappa shape index (κ2) is 10.2. The summed E-state index contributed by atoms with van der Waals surface area (Å²) >= 11 is 24.8. The second-order valence-corrected chi connectivity index (χ2v) is 9.71. The number of benzene rings is 2. The Labute approximate surface area is 197 Å². The predicted molar refractivity (Wildman–Crippen MR) is 125 cm³/mol. The van der Waals surface area contributed by atoms with Gasteiger partial charge < -0.3 is 10.2 Å². The van der Waals surface area contributed by atoms with Crippen LogP contribution >= 0.6 is 46.4 Å². The molecule has 8 heteroatoms. The van der Waals surface area contributed by atoms with Crippen molar-refractivity contribution >= 4 is 58.2 Å². The van der Waals surface area contributed by atoms with Gasteiger partial charge in [0.25, 0.3) is 0 Å². The minimum Gasteiger partial charge on any atom is -0.350 e. The summed E-state index contributed by atoms with van der Waals surface area (Å²) in [5.41, 5.74) is 0.748. The first-order chi connectivity index (χ1) is 13.9. The highest BCUT2D eigenvalue weighted by atomic mass is 35.5. The molecule has 0 fully saturated rings. The van der Waals surface area contributed by atoms with Crippen LogP contribution in [0.4, 0.5) is 0 Å². The molecule has 4 nitrogen and oxygen atoms in total. The van der Waals surface area contributed by atoms with E-state index in [2.05, 4.69) is 5.32 Å². The summed E-state index contributed by atoms with van der Waals surface area (Å²) in [6, 6.07) is 9.31. The average Bonchev–Trinajstić information content (AvgIpc) is 2.62. The highest BCUT2D eigenvalue weighted by Gasteiger charge is 2.29. The quantitative estimate of drug-likeness (QED) is 0.527. The maximum Gasteiger partial charge on any atom is 0.242 e. The lowest BCUT2D eigenvalue weighted by Gasteiger charge is -2.32. The third-order valence-electron chi connectivity index (χ3n) is 4.41. The van der Waals surface area contributed by atoms with Gasteiger partial charge in [0.1, 0.15) is 6.04 Å². The van der Waals surface area contributed by atoms with Crippen LogP contribution in [-0.2, 0) is 22.6 Å². The summed E-state index contributed by atoms with van der Waals surface area (Å²) in [7, 11) is 0. The molecule has 0 aliphatic carbocycles. The second-order valence-electron chi connectivity index (χ2n) is 8.05. The number of carbonyl (C=O) groups is 2. The highest BCUT2D eigenvalue weighted by Crippen LogP contribution is 2.28. The van der Waals surface area contributed by atoms with Crippen LogP contribution < -0.4 is 5.32 Å². The van der Waals surface area contributed by atoms with Crippen molar-refractivity contribution in [2.45, 2.75) is 52.2 Å². The van der Waals surface area contributed by atoms with Gasteiger partial charge in [0.05, 0.1) is 6.42 Å². The minimum absolute atomic E-state index is 0.00517. The predicted octanol–water partition coefficient (Wildman–Crippen LogP) is 6.17. The van der Waals surface area contributed by atoms with Gasteiger partial charge in [0, 0.05) is 37.7 Å². The molecular weight excluding hydrogens is 466 g/mol. The number of amides is 2. The monoisotopic (exact) mass is 488 g/mol. The van der Waals surface area contributed by atoms with Crippen molar-refractivity contribution in [3.63, 3.8) is 0 Å². The van der Waals surface area contributed by atoms with E-state index >= 15 is 0 Å². The summed E-state index contributed by atoms with van der Waals surface area (Å²) in [4.78, 5) is 27.5. The Morgan fingerprint density at radius 3 is 2.13 bits per heavy atom. The van der Waals surface area contributed by atoms with Crippen LogP contribution in [0.5, 0.6) is 0 Å². The lowest BCUT2D eigenvalue weighted by Crippen LogP contribution is -2.52. The number of carbonyl (C=O) groups excluding carboxylic acids is 2. The van der Waals surface area contributed by atoms with Crippen molar-refractivity contribution in [2.24, 2.45) is 0 Å². The topological polar surface area (TPSA) is 49.4 Å². The Balaban J connectivity index is 2.36. The highest BCUT2D eigenvalue weighted by molar-refractivity contribution is 6.36. The molecular formula is C22H24Cl4N2O2. The van der Waals surface area contributed by atoms with Crippen molar-refractivity contribution in [1.29, 1.82) is 0 Å². The van der Waals surface area contributed by atoms with Crippen LogP contribution in [0.2, 0.25) is 20.1 Å². The van der Waals surface area contributed by atoms with E-state index in [0.717, 1.165) is 0 Å². The van der Waals surface area contributed by atoms with Crippen LogP contribution in [-0.4, -0.2) is 28.3 Å². The number of nitrogens with zero attached hydrogens (tertiary/aromatic N) is 1. The van der Waals surface area contributed by atoms with E-state index in [1.54, 1.807) is 43.3 Å². The zero-order valence-corrected chi connectivity index (χ0v) is 20.3. The van der Waals surface area contributed by atoms with Crippen LogP contribution in [0.25, 0.3) is 0 Å². The third-order valence-corrected chi connectivity index (χ3v) is 5.71. The molecule has 0 heterocycles. The molecule has 0 spiro atoms. The summed E-state index contributed by atoms with van der Waals surface area (Å²) in [5.74, 6) is -0.562. The molecule has 0 aliphatic rings. The van der Waals surface area contributed by atoms with E-state index < -0.39 is 11.6 Å². The largest absolute Gasteiger partial charge is 0.350 e. The molecule has 0 aromatic heterocycles. The summed E-state index contributed by atoms with van der Waals surface area (Å²) in [5, 5.41) is 4.63. The molecule has 1 atom stereocenters. The van der Waals surface area contributed by atoms with Crippen molar-refractivity contribution in [3.05, 3.63) is 67.6 Å². The van der Waals surface area contributed by atoms with E-state index in [1.165, 1.54) is 4.90 Å². The van der Waals surface area contributed by atoms with Crippen LogP contribution in [0.1, 0.15) is 38.8 Å². The Bertz CT molecular complexity index is 921. The van der Waals surface area contributed by atoms with Crippen molar-refractivity contribution < 1.29 is 9.59 Å². The van der Waals surface area contributed by atoms with Crippen LogP contribution in [0, 0.1) is 0 Å². The van der Waals surface area contributed by atoms with Gasteiger partial charge in [-0.15, -0.1) is 0 Å². The minimum atomic E-state index is -0.754. The fourth-order valence-corrected chi connectivity index (χ4v) is 3.83. The maximum atomic E-state index is 13.3. The van der Waals surface area contributed by atoms with Crippen molar-refractivity contribution in [3.8, 4) is 0 Å². The first-order valence-corrected chi connectivity index (χ1v) is 10.9. The van der Waals surface area contributed by atoms with Crippen molar-refractivity contribution in [1.82, 2.24) is 10.2 Å². The molecule has 2 aromatic rings. The molecule has 1 N–H and O–H groups in total. The molecule has 0 aliphatic heterocycles. The molecule has 2 aromatic carbocycles. The van der Waals surface area contributed by atoms with Gasteiger partial charge in [0.15, 0.2) is 0 Å². The van der Waals surface area contributed by atoms with Gasteiger partial charge in [-0.25, -0.2) is 0 Å². The summed E-state index contributed by atoms with van der Waals surface area (Å²) in [6.07, 6.45) is 0.00517. The zero-order valence-electron chi connectivity index (χ0n) is 17.2. The number of halogens is 4. The number of rotatable bonds is 6. The van der Waals surface area contributed by atoms with Gasteiger partial charge in [-0.2, -0.15) is 0 Å². The van der Waals surface area contributed by atoms with E-state index in [1.807, 2.05) is 20.8 Å². The van der Waals surface area contributed by atoms with E-state index in [4.69, 9.17) is 46.4 Å². The Kier molecular flexibility index (Phi) is 8.46. The van der Waals surface area contributed by atoms with Gasteiger partial charge in [-0.05, 0) is 57.5 Å². The Morgan fingerprint density at radius 2 is 1.60 bits per heavy atom.